The van der Waals surface area contributed by atoms with Crippen LogP contribution in [0.25, 0.3) is 22.0 Å². The van der Waals surface area contributed by atoms with E-state index in [0.29, 0.717) is 19.0 Å². The number of fused-ring (bicyclic) bond motifs is 1. The van der Waals surface area contributed by atoms with Gasteiger partial charge in [-0.25, -0.2) is 0 Å². The van der Waals surface area contributed by atoms with Gasteiger partial charge in [-0.1, -0.05) is 42.5 Å². The molecule has 0 atom stereocenters. The van der Waals surface area contributed by atoms with Crippen molar-refractivity contribution in [1.82, 2.24) is 10.1 Å². The number of nitrogens with zero attached hydrogens (tertiary/aromatic N) is 2. The molecular weight excluding hydrogens is 299 g/mol. The Bertz CT molecular complexity index is 815. The van der Waals surface area contributed by atoms with Crippen LogP contribution in [-0.4, -0.2) is 23.2 Å². The van der Waals surface area contributed by atoms with Crippen LogP contribution >= 0.6 is 0 Å². The molecule has 2 heterocycles. The van der Waals surface area contributed by atoms with Crippen LogP contribution in [0.4, 0.5) is 4.48 Å². The minimum atomic E-state index is 0.575. The monoisotopic (exact) mass is 320 g/mol. The summed E-state index contributed by atoms with van der Waals surface area (Å²) in [6, 6.07) is 19.1. The number of para-hydroxylation sites is 1. The summed E-state index contributed by atoms with van der Waals surface area (Å²) in [5.74, 6) is 0.601. The molecule has 0 N–H and O–H groups in total. The van der Waals surface area contributed by atoms with Crippen LogP contribution in [0.1, 0.15) is 18.4 Å². The van der Waals surface area contributed by atoms with Crippen molar-refractivity contribution in [2.24, 2.45) is 5.92 Å². The van der Waals surface area contributed by atoms with Gasteiger partial charge in [0.15, 0.2) is 0 Å². The first-order valence-electron chi connectivity index (χ1n) is 8.63. The first-order valence-corrected chi connectivity index (χ1v) is 8.63. The molecule has 0 saturated carbocycles. The van der Waals surface area contributed by atoms with Crippen molar-refractivity contribution in [1.29, 1.82) is 0 Å². The van der Waals surface area contributed by atoms with E-state index in [1.165, 1.54) is 22.1 Å². The van der Waals surface area contributed by atoms with Gasteiger partial charge in [-0.2, -0.15) is 0 Å². The Morgan fingerprint density at radius 2 is 1.71 bits per heavy atom. The van der Waals surface area contributed by atoms with E-state index in [2.05, 4.69) is 47.4 Å². The molecule has 4 rings (SSSR count). The zero-order chi connectivity index (χ0) is 16.4. The summed E-state index contributed by atoms with van der Waals surface area (Å²) < 4.78 is 13.1. The average molecular weight is 320 g/mol. The number of halogens is 1. The summed E-state index contributed by atoms with van der Waals surface area (Å²) in [6.07, 6.45) is 4.82. The topological polar surface area (TPSA) is 16.1 Å². The maximum atomic E-state index is 13.1. The van der Waals surface area contributed by atoms with Crippen LogP contribution in [0.5, 0.6) is 0 Å². The van der Waals surface area contributed by atoms with E-state index in [1.807, 2.05) is 18.3 Å². The number of aromatic nitrogens is 1. The Morgan fingerprint density at radius 3 is 2.50 bits per heavy atom. The Morgan fingerprint density at radius 1 is 0.958 bits per heavy atom. The minimum absolute atomic E-state index is 0.575. The van der Waals surface area contributed by atoms with E-state index in [-0.39, 0.29) is 0 Å². The van der Waals surface area contributed by atoms with Crippen molar-refractivity contribution in [2.45, 2.75) is 19.3 Å². The second-order valence-corrected chi connectivity index (χ2v) is 6.63. The smallest absolute Gasteiger partial charge is 0.0708 e. The quantitative estimate of drug-likeness (QED) is 0.628. The number of hydrogen-bond donors (Lipinski definition) is 0. The second kappa shape index (κ2) is 6.70. The fourth-order valence-electron chi connectivity index (χ4n) is 3.61. The highest BCUT2D eigenvalue weighted by Gasteiger charge is 2.19. The summed E-state index contributed by atoms with van der Waals surface area (Å²) in [6.45, 7) is 1.15. The standard InChI is InChI=1S/C21H21FN2/c22-24-13-10-17(11-14-24)15-16-5-7-18(8-6-16)19-9-12-23-21-4-2-1-3-20(19)21/h1-9,12,17H,10-11,13-15H2. The molecule has 0 radical (unpaired) electrons. The van der Waals surface area contributed by atoms with Gasteiger partial charge < -0.3 is 0 Å². The highest BCUT2D eigenvalue weighted by atomic mass is 19.2. The lowest BCUT2D eigenvalue weighted by atomic mass is 9.90. The van der Waals surface area contributed by atoms with Gasteiger partial charge in [-0.15, -0.1) is 9.60 Å². The third kappa shape index (κ3) is 3.17. The molecule has 0 spiro atoms. The SMILES string of the molecule is FN1CCC(Cc2ccc(-c3ccnc4ccccc34)cc2)CC1. The fourth-order valence-corrected chi connectivity index (χ4v) is 3.61. The zero-order valence-electron chi connectivity index (χ0n) is 13.7. The number of hydrogen-bond acceptors (Lipinski definition) is 2. The van der Waals surface area contributed by atoms with Gasteiger partial charge in [0.1, 0.15) is 0 Å². The summed E-state index contributed by atoms with van der Waals surface area (Å²) in [7, 11) is 0. The van der Waals surface area contributed by atoms with Crippen LogP contribution in [0.2, 0.25) is 0 Å². The normalized spacial score (nSPS) is 16.5. The minimum Gasteiger partial charge on any atom is -0.256 e. The molecule has 0 aliphatic carbocycles. The van der Waals surface area contributed by atoms with Gasteiger partial charge in [0.2, 0.25) is 0 Å². The Kier molecular flexibility index (Phi) is 4.26. The lowest BCUT2D eigenvalue weighted by molar-refractivity contribution is -0.00852. The van der Waals surface area contributed by atoms with Crippen LogP contribution in [0.15, 0.2) is 60.8 Å². The summed E-state index contributed by atoms with van der Waals surface area (Å²) in [5.41, 5.74) is 4.81. The highest BCUT2D eigenvalue weighted by Crippen LogP contribution is 2.28. The zero-order valence-corrected chi connectivity index (χ0v) is 13.7. The van der Waals surface area contributed by atoms with Gasteiger partial charge >= 0.3 is 0 Å². The van der Waals surface area contributed by atoms with Crippen LogP contribution in [-0.2, 0) is 6.42 Å². The van der Waals surface area contributed by atoms with Crippen molar-refractivity contribution in [3.63, 3.8) is 0 Å². The summed E-state index contributed by atoms with van der Waals surface area (Å²) in [5, 5.41) is 2.12. The molecule has 0 amide bonds. The third-order valence-corrected chi connectivity index (χ3v) is 5.00. The number of benzene rings is 2. The van der Waals surface area contributed by atoms with Crippen LogP contribution < -0.4 is 0 Å². The maximum Gasteiger partial charge on any atom is 0.0708 e. The van der Waals surface area contributed by atoms with Crippen LogP contribution in [0.3, 0.4) is 0 Å². The first kappa shape index (κ1) is 15.3. The molecule has 0 unspecified atom stereocenters. The molecular formula is C21H21FN2. The second-order valence-electron chi connectivity index (χ2n) is 6.63. The molecule has 0 bridgehead atoms. The number of piperidine rings is 1. The van der Waals surface area contributed by atoms with Crippen molar-refractivity contribution >= 4 is 10.9 Å². The summed E-state index contributed by atoms with van der Waals surface area (Å²) >= 11 is 0. The summed E-state index contributed by atoms with van der Waals surface area (Å²) in [4.78, 5) is 4.43. The van der Waals surface area contributed by atoms with E-state index in [9.17, 15) is 4.48 Å². The molecule has 24 heavy (non-hydrogen) atoms. The average Bonchev–Trinajstić information content (AvgIpc) is 2.64. The van der Waals surface area contributed by atoms with E-state index in [4.69, 9.17) is 0 Å². The fraction of sp³-hybridized carbons (Fsp3) is 0.286. The van der Waals surface area contributed by atoms with E-state index < -0.39 is 0 Å². The largest absolute Gasteiger partial charge is 0.256 e. The van der Waals surface area contributed by atoms with Gasteiger partial charge in [-0.05, 0) is 54.0 Å². The molecule has 2 aromatic carbocycles. The van der Waals surface area contributed by atoms with Gasteiger partial charge in [-0.3, -0.25) is 4.98 Å². The van der Waals surface area contributed by atoms with Crippen molar-refractivity contribution in [3.8, 4) is 11.1 Å². The van der Waals surface area contributed by atoms with Gasteiger partial charge in [0.25, 0.3) is 0 Å². The van der Waals surface area contributed by atoms with Crippen molar-refractivity contribution in [2.75, 3.05) is 13.1 Å². The lowest BCUT2D eigenvalue weighted by Gasteiger charge is -2.25. The Hall–Kier alpha value is -2.26. The molecule has 122 valence electrons. The lowest BCUT2D eigenvalue weighted by Crippen LogP contribution is -2.28. The van der Waals surface area contributed by atoms with Gasteiger partial charge in [0, 0.05) is 24.7 Å². The van der Waals surface area contributed by atoms with E-state index >= 15 is 0 Å². The third-order valence-electron chi connectivity index (χ3n) is 5.00. The predicted molar refractivity (Wildman–Crippen MR) is 96.3 cm³/mol. The molecule has 2 nitrogen and oxygen atoms in total. The van der Waals surface area contributed by atoms with Crippen molar-refractivity contribution < 1.29 is 4.48 Å². The van der Waals surface area contributed by atoms with Gasteiger partial charge in [0.05, 0.1) is 5.52 Å². The molecule has 1 saturated heterocycles. The number of pyridine rings is 1. The molecule has 1 aromatic heterocycles. The van der Waals surface area contributed by atoms with Crippen LogP contribution in [0, 0.1) is 5.92 Å². The molecule has 3 aromatic rings. The Balaban J connectivity index is 1.55. The Labute approximate surface area is 141 Å². The molecule has 1 aliphatic rings. The molecule has 3 heteroatoms. The number of rotatable bonds is 3. The molecule has 1 fully saturated rings. The maximum absolute atomic E-state index is 13.1. The highest BCUT2D eigenvalue weighted by molar-refractivity contribution is 5.94. The first-order chi connectivity index (χ1) is 11.8. The van der Waals surface area contributed by atoms with E-state index in [1.54, 1.807) is 0 Å². The molecule has 1 aliphatic heterocycles. The van der Waals surface area contributed by atoms with Crippen molar-refractivity contribution in [3.05, 3.63) is 66.4 Å². The van der Waals surface area contributed by atoms with E-state index in [0.717, 1.165) is 29.9 Å². The predicted octanol–water partition coefficient (Wildman–Crippen LogP) is 5.04.